The summed E-state index contributed by atoms with van der Waals surface area (Å²) < 4.78 is 2.17. The van der Waals surface area contributed by atoms with E-state index >= 15 is 0 Å². The van der Waals surface area contributed by atoms with Gasteiger partial charge in [-0.05, 0) is 56.5 Å². The van der Waals surface area contributed by atoms with Gasteiger partial charge in [0.1, 0.15) is 6.54 Å². The van der Waals surface area contributed by atoms with Gasteiger partial charge in [-0.1, -0.05) is 37.6 Å². The Balaban J connectivity index is 1.87. The number of hydrogen-bond acceptors (Lipinski definition) is 2. The SMILES string of the molecule is CC(C)CN(CC(=O)N1CCn2cccc2[C@H]1c1cccc(Cl)c1)C(=O)NC(C)(C)C. The molecule has 2 heterocycles. The largest absolute Gasteiger partial charge is 0.348 e. The highest BCUT2D eigenvalue weighted by molar-refractivity contribution is 6.30. The quantitative estimate of drug-likeness (QED) is 0.736. The summed E-state index contributed by atoms with van der Waals surface area (Å²) in [6.45, 7) is 11.8. The minimum absolute atomic E-state index is 0.0396. The van der Waals surface area contributed by atoms with E-state index in [1.165, 1.54) is 0 Å². The Kier molecular flexibility index (Phi) is 6.99. The van der Waals surface area contributed by atoms with Crippen molar-refractivity contribution in [2.45, 2.75) is 52.7 Å². The lowest BCUT2D eigenvalue weighted by Gasteiger charge is -2.39. The number of carbonyl (C=O) groups is 2. The molecule has 1 atom stereocenters. The number of fused-ring (bicyclic) bond motifs is 1. The van der Waals surface area contributed by atoms with Crippen molar-refractivity contribution < 1.29 is 9.59 Å². The van der Waals surface area contributed by atoms with Gasteiger partial charge in [0.25, 0.3) is 0 Å². The van der Waals surface area contributed by atoms with Gasteiger partial charge < -0.3 is 19.7 Å². The second-order valence-electron chi connectivity index (χ2n) is 9.63. The lowest BCUT2D eigenvalue weighted by atomic mass is 9.99. The fraction of sp³-hybridized carbons (Fsp3) is 0.500. The summed E-state index contributed by atoms with van der Waals surface area (Å²) in [6, 6.07) is 11.2. The first-order chi connectivity index (χ1) is 14.5. The molecule has 0 saturated heterocycles. The Hall–Kier alpha value is -2.47. The van der Waals surface area contributed by atoms with Crippen LogP contribution in [0.3, 0.4) is 0 Å². The summed E-state index contributed by atoms with van der Waals surface area (Å²) in [5.74, 6) is 0.183. The van der Waals surface area contributed by atoms with Gasteiger partial charge in [0.2, 0.25) is 5.91 Å². The molecule has 0 spiro atoms. The summed E-state index contributed by atoms with van der Waals surface area (Å²) in [7, 11) is 0. The molecule has 2 aromatic rings. The Labute approximate surface area is 190 Å². The Morgan fingerprint density at radius 1 is 1.19 bits per heavy atom. The zero-order valence-electron chi connectivity index (χ0n) is 19.1. The predicted molar refractivity (Wildman–Crippen MR) is 124 cm³/mol. The van der Waals surface area contributed by atoms with Crippen LogP contribution >= 0.6 is 11.6 Å². The van der Waals surface area contributed by atoms with Gasteiger partial charge >= 0.3 is 6.03 Å². The van der Waals surface area contributed by atoms with Crippen LogP contribution in [-0.4, -0.2) is 51.5 Å². The minimum Gasteiger partial charge on any atom is -0.348 e. The van der Waals surface area contributed by atoms with E-state index in [1.807, 2.05) is 82.1 Å². The molecule has 7 heteroatoms. The van der Waals surface area contributed by atoms with Gasteiger partial charge in [-0.3, -0.25) is 4.79 Å². The van der Waals surface area contributed by atoms with Crippen LogP contribution in [-0.2, 0) is 11.3 Å². The number of hydrogen-bond donors (Lipinski definition) is 1. The zero-order chi connectivity index (χ0) is 22.8. The topological polar surface area (TPSA) is 57.6 Å². The molecular formula is C24H33ClN4O2. The normalized spacial score (nSPS) is 16.2. The molecule has 3 amide bonds. The summed E-state index contributed by atoms with van der Waals surface area (Å²) >= 11 is 6.27. The van der Waals surface area contributed by atoms with Crippen molar-refractivity contribution in [2.75, 3.05) is 19.6 Å². The molecule has 3 rings (SSSR count). The number of carbonyl (C=O) groups excluding carboxylic acids is 2. The molecule has 1 aromatic carbocycles. The van der Waals surface area contributed by atoms with Gasteiger partial charge in [-0.25, -0.2) is 4.79 Å². The molecule has 0 saturated carbocycles. The van der Waals surface area contributed by atoms with Gasteiger partial charge in [-0.15, -0.1) is 0 Å². The van der Waals surface area contributed by atoms with Crippen molar-refractivity contribution in [3.63, 3.8) is 0 Å². The number of halogens is 1. The molecule has 168 valence electrons. The van der Waals surface area contributed by atoms with Crippen LogP contribution in [0.1, 0.15) is 51.9 Å². The molecular weight excluding hydrogens is 412 g/mol. The summed E-state index contributed by atoms with van der Waals surface area (Å²) in [4.78, 5) is 29.9. The molecule has 1 aromatic heterocycles. The maximum Gasteiger partial charge on any atom is 0.318 e. The first kappa shape index (κ1) is 23.2. The third kappa shape index (κ3) is 5.82. The number of nitrogens with zero attached hydrogens (tertiary/aromatic N) is 3. The number of nitrogens with one attached hydrogen (secondary N) is 1. The van der Waals surface area contributed by atoms with E-state index in [-0.39, 0.29) is 36.0 Å². The Bertz CT molecular complexity index is 932. The third-order valence-corrected chi connectivity index (χ3v) is 5.44. The Morgan fingerprint density at radius 3 is 2.58 bits per heavy atom. The predicted octanol–water partition coefficient (Wildman–Crippen LogP) is 4.54. The average Bonchev–Trinajstić information content (AvgIpc) is 3.13. The van der Waals surface area contributed by atoms with Gasteiger partial charge in [0.15, 0.2) is 0 Å². The van der Waals surface area contributed by atoms with Crippen LogP contribution in [0, 0.1) is 5.92 Å². The molecule has 31 heavy (non-hydrogen) atoms. The van der Waals surface area contributed by atoms with Crippen LogP contribution in [0.25, 0.3) is 0 Å². The highest BCUT2D eigenvalue weighted by Gasteiger charge is 2.34. The molecule has 0 aliphatic carbocycles. The standard InChI is InChI=1S/C24H33ClN4O2/c1-17(2)15-28(23(31)26-24(3,4)5)16-21(30)29-13-12-27-11-7-10-20(27)22(29)18-8-6-9-19(25)14-18/h6-11,14,17,22H,12-13,15-16H2,1-5H3,(H,26,31)/t22-/m1/s1. The lowest BCUT2D eigenvalue weighted by Crippen LogP contribution is -2.53. The maximum atomic E-state index is 13.5. The molecule has 0 fully saturated rings. The van der Waals surface area contributed by atoms with E-state index in [4.69, 9.17) is 11.6 Å². The maximum absolute atomic E-state index is 13.5. The highest BCUT2D eigenvalue weighted by Crippen LogP contribution is 2.33. The molecule has 1 N–H and O–H groups in total. The zero-order valence-corrected chi connectivity index (χ0v) is 19.8. The summed E-state index contributed by atoms with van der Waals surface area (Å²) in [6.07, 6.45) is 2.04. The van der Waals surface area contributed by atoms with Crippen molar-refractivity contribution >= 4 is 23.5 Å². The first-order valence-electron chi connectivity index (χ1n) is 10.8. The average molecular weight is 445 g/mol. The fourth-order valence-corrected chi connectivity index (χ4v) is 4.19. The van der Waals surface area contributed by atoms with E-state index in [0.29, 0.717) is 18.1 Å². The number of benzene rings is 1. The van der Waals surface area contributed by atoms with E-state index in [2.05, 4.69) is 9.88 Å². The van der Waals surface area contributed by atoms with Crippen LogP contribution in [0.4, 0.5) is 4.79 Å². The van der Waals surface area contributed by atoms with E-state index in [1.54, 1.807) is 4.90 Å². The lowest BCUT2D eigenvalue weighted by molar-refractivity contribution is -0.134. The molecule has 0 unspecified atom stereocenters. The van der Waals surface area contributed by atoms with Crippen LogP contribution in [0.2, 0.25) is 5.02 Å². The van der Waals surface area contributed by atoms with Gasteiger partial charge in [0.05, 0.1) is 6.04 Å². The van der Waals surface area contributed by atoms with Crippen LogP contribution in [0.15, 0.2) is 42.6 Å². The van der Waals surface area contributed by atoms with E-state index < -0.39 is 0 Å². The highest BCUT2D eigenvalue weighted by atomic mass is 35.5. The monoisotopic (exact) mass is 444 g/mol. The van der Waals surface area contributed by atoms with Gasteiger partial charge in [-0.2, -0.15) is 0 Å². The molecule has 1 aliphatic rings. The Morgan fingerprint density at radius 2 is 1.94 bits per heavy atom. The van der Waals surface area contributed by atoms with Crippen molar-refractivity contribution in [1.82, 2.24) is 19.7 Å². The van der Waals surface area contributed by atoms with E-state index in [9.17, 15) is 9.59 Å². The molecule has 0 bridgehead atoms. The first-order valence-corrected chi connectivity index (χ1v) is 11.2. The minimum atomic E-state index is -0.370. The van der Waals surface area contributed by atoms with Crippen LogP contribution < -0.4 is 5.32 Å². The smallest absolute Gasteiger partial charge is 0.318 e. The number of urea groups is 1. The van der Waals surface area contributed by atoms with Crippen LogP contribution in [0.5, 0.6) is 0 Å². The van der Waals surface area contributed by atoms with Crippen molar-refractivity contribution in [2.24, 2.45) is 5.92 Å². The fourth-order valence-electron chi connectivity index (χ4n) is 3.99. The third-order valence-electron chi connectivity index (χ3n) is 5.20. The number of aromatic nitrogens is 1. The van der Waals surface area contributed by atoms with Crippen molar-refractivity contribution in [3.8, 4) is 0 Å². The van der Waals surface area contributed by atoms with Gasteiger partial charge in [0, 0.05) is 42.1 Å². The molecule has 0 radical (unpaired) electrons. The number of rotatable bonds is 5. The molecule has 1 aliphatic heterocycles. The van der Waals surface area contributed by atoms with E-state index in [0.717, 1.165) is 17.8 Å². The molecule has 6 nitrogen and oxygen atoms in total. The van der Waals surface area contributed by atoms with Crippen molar-refractivity contribution in [3.05, 3.63) is 58.9 Å². The second kappa shape index (κ2) is 9.35. The van der Waals surface area contributed by atoms with Crippen molar-refractivity contribution in [1.29, 1.82) is 0 Å². The summed E-state index contributed by atoms with van der Waals surface area (Å²) in [5, 5.41) is 3.63. The second-order valence-corrected chi connectivity index (χ2v) is 10.1. The summed E-state index contributed by atoms with van der Waals surface area (Å²) in [5.41, 5.74) is 1.65. The number of amides is 3.